The van der Waals surface area contributed by atoms with Crippen molar-refractivity contribution in [3.63, 3.8) is 0 Å². The highest BCUT2D eigenvalue weighted by atomic mass is 16.1. The van der Waals surface area contributed by atoms with Crippen LogP contribution in [0, 0.1) is 0 Å². The number of fused-ring (bicyclic) bond motifs is 10. The maximum Gasteiger partial charge on any atom is 0.175 e. The number of aromatic nitrogens is 1. The van der Waals surface area contributed by atoms with Gasteiger partial charge in [0.2, 0.25) is 0 Å². The summed E-state index contributed by atoms with van der Waals surface area (Å²) in [7, 11) is 0. The highest BCUT2D eigenvalue weighted by Gasteiger charge is 2.46. The quantitative estimate of drug-likeness (QED) is 0.154. The summed E-state index contributed by atoms with van der Waals surface area (Å²) in [6.07, 6.45) is 0. The minimum absolute atomic E-state index is 0.0474. The van der Waals surface area contributed by atoms with Gasteiger partial charge in [0, 0.05) is 49.9 Å². The molecule has 0 unspecified atom stereocenters. The normalized spacial score (nSPS) is 20.7. The van der Waals surface area contributed by atoms with Gasteiger partial charge in [0.25, 0.3) is 0 Å². The fourth-order valence-corrected chi connectivity index (χ4v) is 13.3. The predicted octanol–water partition coefficient (Wildman–Crippen LogP) is 12.8. The van der Waals surface area contributed by atoms with Crippen LogP contribution < -0.4 is 0 Å². The van der Waals surface area contributed by atoms with E-state index in [0.717, 1.165) is 60.9 Å². The Morgan fingerprint density at radius 1 is 0.400 bits per heavy atom. The summed E-state index contributed by atoms with van der Waals surface area (Å²) < 4.78 is 2.43. The molecule has 8 aromatic carbocycles. The van der Waals surface area contributed by atoms with Gasteiger partial charge in [-0.05, 0) is 108 Å². The second-order valence-corrected chi connectivity index (χ2v) is 18.5. The second-order valence-electron chi connectivity index (χ2n) is 18.5. The molecule has 0 atom stereocenters. The van der Waals surface area contributed by atoms with Gasteiger partial charge in [-0.1, -0.05) is 135 Å². The molecule has 2 heterocycles. The third-order valence-corrected chi connectivity index (χ3v) is 15.6. The molecule has 10 aromatic rings. The topological polar surface area (TPSA) is 38.5 Å². The number of hydrogen-bond donors (Lipinski definition) is 0. The molecule has 60 heavy (non-hydrogen) atoms. The Balaban J connectivity index is 1.12. The first-order valence-electron chi connectivity index (χ1n) is 21.3. The molecule has 0 fully saturated rings. The minimum Gasteiger partial charge on any atom is -0.308 e. The van der Waals surface area contributed by atoms with Crippen molar-refractivity contribution < 1.29 is 9.59 Å². The van der Waals surface area contributed by atoms with E-state index < -0.39 is 0 Å². The van der Waals surface area contributed by atoms with E-state index in [1.54, 1.807) is 0 Å². The zero-order valence-electron chi connectivity index (χ0n) is 33.0. The number of Topliss-reactive ketones (excluding diaryl/α,β-unsaturated/α-hetero) is 2. The average molecular weight is 766 g/mol. The Hall–Kier alpha value is -7.10. The van der Waals surface area contributed by atoms with Crippen LogP contribution in [0.3, 0.4) is 0 Å². The van der Waals surface area contributed by atoms with E-state index in [1.165, 1.54) is 66.2 Å². The first-order valence-corrected chi connectivity index (χ1v) is 21.3. The van der Waals surface area contributed by atoms with Crippen LogP contribution >= 0.6 is 0 Å². The van der Waals surface area contributed by atoms with Gasteiger partial charge in [-0.2, -0.15) is 0 Å². The lowest BCUT2D eigenvalue weighted by Gasteiger charge is -2.30. The Kier molecular flexibility index (Phi) is 5.50. The van der Waals surface area contributed by atoms with E-state index in [0.29, 0.717) is 0 Å². The van der Waals surface area contributed by atoms with E-state index >= 15 is 9.59 Å². The van der Waals surface area contributed by atoms with Crippen molar-refractivity contribution in [2.45, 2.75) is 42.9 Å². The summed E-state index contributed by atoms with van der Waals surface area (Å²) in [5.41, 5.74) is 21.3. The fourth-order valence-electron chi connectivity index (χ4n) is 13.3. The Bertz CT molecular complexity index is 3610. The maximum absolute atomic E-state index is 15.3. The van der Waals surface area contributed by atoms with Crippen molar-refractivity contribution in [2.24, 2.45) is 0 Å². The molecule has 0 saturated heterocycles. The predicted molar refractivity (Wildman–Crippen MR) is 239 cm³/mol. The Morgan fingerprint density at radius 3 is 1.32 bits per heavy atom. The van der Waals surface area contributed by atoms with Crippen molar-refractivity contribution in [3.05, 3.63) is 230 Å². The van der Waals surface area contributed by atoms with Crippen LogP contribution in [-0.2, 0) is 5.41 Å². The molecule has 3 heteroatoms. The van der Waals surface area contributed by atoms with Crippen molar-refractivity contribution >= 4 is 49.7 Å². The molecule has 0 N–H and O–H groups in total. The molecule has 0 radical (unpaired) electrons. The summed E-state index contributed by atoms with van der Waals surface area (Å²) in [6, 6.07) is 55.0. The smallest absolute Gasteiger partial charge is 0.175 e. The number of benzene rings is 8. The fraction of sp³-hybridized carbons (Fsp3) is 0.123. The Morgan fingerprint density at radius 2 is 0.817 bits per heavy atom. The van der Waals surface area contributed by atoms with Crippen molar-refractivity contribution in [3.8, 4) is 11.1 Å². The largest absolute Gasteiger partial charge is 0.308 e. The van der Waals surface area contributed by atoms with Crippen LogP contribution in [0.1, 0.15) is 125 Å². The van der Waals surface area contributed by atoms with Gasteiger partial charge in [-0.3, -0.25) is 9.59 Å². The van der Waals surface area contributed by atoms with Gasteiger partial charge >= 0.3 is 0 Å². The van der Waals surface area contributed by atoms with Crippen LogP contribution in [0.15, 0.2) is 152 Å². The summed E-state index contributed by atoms with van der Waals surface area (Å²) in [5.74, 6) is -0.500. The molecule has 4 bridgehead atoms. The lowest BCUT2D eigenvalue weighted by atomic mass is 9.72. The minimum atomic E-state index is -0.358. The van der Waals surface area contributed by atoms with E-state index in [2.05, 4.69) is 170 Å². The standard InChI is InChI=1S/C57H35NO2/c1-57(2)45-22-12-11-13-28(45)40-25-41-37-23-38-42(55(59)50-33-18-7-3-14-29(33)48(38)30-15-4-8-19-34(30)50)26-46(37)58-47-27-43-39(24-44(47)52(53(40)57)54(41)58)49-31-16-5-9-20-35(31)51(56(43)60)36-21-10-6-17-32(36)49/h3-27,48-51H,1-2H3. The van der Waals surface area contributed by atoms with Crippen LogP contribution in [0.25, 0.3) is 49.2 Å². The number of hydrogen-bond acceptors (Lipinski definition) is 2. The summed E-state index contributed by atoms with van der Waals surface area (Å²) in [5, 5.41) is 4.76. The van der Waals surface area contributed by atoms with Gasteiger partial charge in [-0.15, -0.1) is 0 Å². The number of ketones is 2. The number of nitrogens with zero attached hydrogens (tertiary/aromatic N) is 1. The van der Waals surface area contributed by atoms with Crippen LogP contribution in [0.4, 0.5) is 0 Å². The molecule has 0 aliphatic heterocycles. The van der Waals surface area contributed by atoms with Crippen molar-refractivity contribution in [2.75, 3.05) is 0 Å². The molecule has 0 amide bonds. The summed E-state index contributed by atoms with van der Waals surface area (Å²) in [4.78, 5) is 30.5. The van der Waals surface area contributed by atoms with E-state index in [-0.39, 0.29) is 40.7 Å². The lowest BCUT2D eigenvalue weighted by Crippen LogP contribution is -2.19. The molecular formula is C57H35NO2. The lowest BCUT2D eigenvalue weighted by molar-refractivity contribution is 0.0966. The molecule has 3 nitrogen and oxygen atoms in total. The van der Waals surface area contributed by atoms with Gasteiger partial charge < -0.3 is 4.40 Å². The van der Waals surface area contributed by atoms with Gasteiger partial charge in [0.05, 0.1) is 28.4 Å². The molecule has 0 saturated carbocycles. The third-order valence-electron chi connectivity index (χ3n) is 15.6. The molecular weight excluding hydrogens is 731 g/mol. The number of rotatable bonds is 0. The SMILES string of the molecule is CC1(C)c2ccccc2-c2cc3c4cc5c(cc4n4c6cc7c(cc6c(c21)c34)C1c2ccccc2C(C7=O)c2ccccc21)C(=O)C1c2ccccc2C5c2ccccc21. The maximum atomic E-state index is 15.3. The molecule has 280 valence electrons. The molecule has 0 spiro atoms. The van der Waals surface area contributed by atoms with Crippen LogP contribution in [0.2, 0.25) is 0 Å². The van der Waals surface area contributed by atoms with Crippen LogP contribution in [-0.4, -0.2) is 16.0 Å². The highest BCUT2D eigenvalue weighted by Crippen LogP contribution is 2.59. The van der Waals surface area contributed by atoms with Crippen LogP contribution in [0.5, 0.6) is 0 Å². The van der Waals surface area contributed by atoms with Gasteiger partial charge in [-0.25, -0.2) is 0 Å². The Labute approximate surface area is 345 Å². The second kappa shape index (κ2) is 10.4. The van der Waals surface area contributed by atoms with E-state index in [4.69, 9.17) is 0 Å². The zero-order chi connectivity index (χ0) is 39.5. The summed E-state index contributed by atoms with van der Waals surface area (Å²) >= 11 is 0. The first kappa shape index (κ1) is 31.8. The van der Waals surface area contributed by atoms with Gasteiger partial charge in [0.15, 0.2) is 11.6 Å². The van der Waals surface area contributed by atoms with Crippen molar-refractivity contribution in [1.82, 2.24) is 4.40 Å². The third kappa shape index (κ3) is 3.44. The molecule has 7 aliphatic rings. The molecule has 2 aromatic heterocycles. The van der Waals surface area contributed by atoms with E-state index in [9.17, 15) is 0 Å². The van der Waals surface area contributed by atoms with E-state index in [1.807, 2.05) is 0 Å². The zero-order valence-corrected chi connectivity index (χ0v) is 33.0. The van der Waals surface area contributed by atoms with Gasteiger partial charge in [0.1, 0.15) is 0 Å². The molecule has 7 aliphatic carbocycles. The summed E-state index contributed by atoms with van der Waals surface area (Å²) in [6.45, 7) is 4.75. The average Bonchev–Trinajstić information content (AvgIpc) is 3.75. The highest BCUT2D eigenvalue weighted by molar-refractivity contribution is 6.28. The van der Waals surface area contributed by atoms with Crippen molar-refractivity contribution in [1.29, 1.82) is 0 Å². The monoisotopic (exact) mass is 765 g/mol. The first-order chi connectivity index (χ1) is 29.4. The molecule has 17 rings (SSSR count). The number of carbonyl (C=O) groups is 2. The number of carbonyl (C=O) groups excluding carboxylic acids is 2.